The van der Waals surface area contributed by atoms with E-state index in [1.165, 1.54) is 0 Å². The molecule has 1 aliphatic rings. The van der Waals surface area contributed by atoms with Gasteiger partial charge in [0.2, 0.25) is 0 Å². The molecule has 2 aromatic rings. The van der Waals surface area contributed by atoms with Crippen LogP contribution in [0.2, 0.25) is 0 Å². The van der Waals surface area contributed by atoms with Crippen molar-refractivity contribution >= 4 is 38.2 Å². The van der Waals surface area contributed by atoms with Crippen molar-refractivity contribution in [1.29, 1.82) is 0 Å². The standard InChI is InChI=1S/C14H16BrN3O/c1-19-10-5-9(6-10)18-13-3-2-12(16)11-4-8(15)7-17-14(11)13/h2-4,7,9-10,18H,5-6,16H2,1H3. The lowest BCUT2D eigenvalue weighted by molar-refractivity contribution is 0.0329. The van der Waals surface area contributed by atoms with Crippen LogP contribution in [-0.2, 0) is 4.74 Å². The minimum Gasteiger partial charge on any atom is -0.398 e. The summed E-state index contributed by atoms with van der Waals surface area (Å²) in [6, 6.07) is 6.38. The minimum atomic E-state index is 0.389. The van der Waals surface area contributed by atoms with Crippen LogP contribution >= 0.6 is 15.9 Å². The highest BCUT2D eigenvalue weighted by Gasteiger charge is 2.29. The molecular formula is C14H16BrN3O. The van der Waals surface area contributed by atoms with E-state index in [1.807, 2.05) is 18.2 Å². The topological polar surface area (TPSA) is 60.2 Å². The van der Waals surface area contributed by atoms with Gasteiger partial charge in [-0.05, 0) is 47.0 Å². The predicted molar refractivity (Wildman–Crippen MR) is 81.3 cm³/mol. The molecular weight excluding hydrogens is 306 g/mol. The molecule has 3 N–H and O–H groups in total. The van der Waals surface area contributed by atoms with Gasteiger partial charge < -0.3 is 15.8 Å². The second kappa shape index (κ2) is 4.98. The maximum absolute atomic E-state index is 6.01. The van der Waals surface area contributed by atoms with Crippen molar-refractivity contribution in [2.45, 2.75) is 25.0 Å². The molecule has 1 aromatic carbocycles. The summed E-state index contributed by atoms with van der Waals surface area (Å²) in [5.74, 6) is 0. The van der Waals surface area contributed by atoms with Crippen LogP contribution in [-0.4, -0.2) is 24.2 Å². The van der Waals surface area contributed by atoms with Gasteiger partial charge in [0.15, 0.2) is 0 Å². The molecule has 1 aromatic heterocycles. The van der Waals surface area contributed by atoms with Gasteiger partial charge in [-0.15, -0.1) is 0 Å². The molecule has 0 amide bonds. The molecule has 3 rings (SSSR count). The first kappa shape index (κ1) is 12.7. The Hall–Kier alpha value is -1.33. The van der Waals surface area contributed by atoms with E-state index < -0.39 is 0 Å². The van der Waals surface area contributed by atoms with Gasteiger partial charge in [-0.3, -0.25) is 4.98 Å². The maximum Gasteiger partial charge on any atom is 0.0954 e. The number of fused-ring (bicyclic) bond motifs is 1. The van der Waals surface area contributed by atoms with Gasteiger partial charge in [-0.2, -0.15) is 0 Å². The van der Waals surface area contributed by atoms with Crippen LogP contribution in [0.3, 0.4) is 0 Å². The van der Waals surface area contributed by atoms with Crippen LogP contribution in [0.25, 0.3) is 10.9 Å². The molecule has 1 saturated carbocycles. The van der Waals surface area contributed by atoms with Crippen LogP contribution < -0.4 is 11.1 Å². The van der Waals surface area contributed by atoms with E-state index in [0.29, 0.717) is 12.1 Å². The molecule has 1 aliphatic carbocycles. The van der Waals surface area contributed by atoms with Crippen molar-refractivity contribution in [1.82, 2.24) is 4.98 Å². The highest BCUT2D eigenvalue weighted by atomic mass is 79.9. The fraction of sp³-hybridized carbons (Fsp3) is 0.357. The smallest absolute Gasteiger partial charge is 0.0954 e. The largest absolute Gasteiger partial charge is 0.398 e. The average molecular weight is 322 g/mol. The monoisotopic (exact) mass is 321 g/mol. The number of ether oxygens (including phenoxy) is 1. The molecule has 4 nitrogen and oxygen atoms in total. The number of hydrogen-bond donors (Lipinski definition) is 2. The first-order valence-electron chi connectivity index (χ1n) is 6.30. The number of nitrogen functional groups attached to an aromatic ring is 1. The lowest BCUT2D eigenvalue weighted by Gasteiger charge is -2.35. The van der Waals surface area contributed by atoms with Gasteiger partial charge in [-0.25, -0.2) is 0 Å². The number of aromatic nitrogens is 1. The SMILES string of the molecule is COC1CC(Nc2ccc(N)c3cc(Br)cnc23)C1. The van der Waals surface area contributed by atoms with Crippen LogP contribution in [0.5, 0.6) is 0 Å². The van der Waals surface area contributed by atoms with Gasteiger partial charge in [0.05, 0.1) is 17.3 Å². The van der Waals surface area contributed by atoms with Gasteiger partial charge in [0, 0.05) is 34.9 Å². The number of nitrogens with one attached hydrogen (secondary N) is 1. The Kier molecular flexibility index (Phi) is 3.33. The zero-order chi connectivity index (χ0) is 13.4. The molecule has 0 saturated heterocycles. The van der Waals surface area contributed by atoms with Crippen LogP contribution in [0.4, 0.5) is 11.4 Å². The third-order valence-corrected chi connectivity index (χ3v) is 4.07. The second-order valence-electron chi connectivity index (χ2n) is 4.92. The summed E-state index contributed by atoms with van der Waals surface area (Å²) in [4.78, 5) is 4.47. The molecule has 1 fully saturated rings. The number of pyridine rings is 1. The van der Waals surface area contributed by atoms with Gasteiger partial charge in [0.1, 0.15) is 0 Å². The van der Waals surface area contributed by atoms with Crippen LogP contribution in [0.15, 0.2) is 28.9 Å². The van der Waals surface area contributed by atoms with Crippen molar-refractivity contribution in [3.05, 3.63) is 28.9 Å². The summed E-state index contributed by atoms with van der Waals surface area (Å²) in [6.45, 7) is 0. The number of rotatable bonds is 3. The Morgan fingerprint density at radius 1 is 1.42 bits per heavy atom. The van der Waals surface area contributed by atoms with E-state index in [9.17, 15) is 0 Å². The van der Waals surface area contributed by atoms with Gasteiger partial charge in [0.25, 0.3) is 0 Å². The fourth-order valence-electron chi connectivity index (χ4n) is 2.43. The molecule has 0 radical (unpaired) electrons. The number of benzene rings is 1. The molecule has 1 heterocycles. The molecule has 0 bridgehead atoms. The van der Waals surface area contributed by atoms with Crippen molar-refractivity contribution < 1.29 is 4.74 Å². The highest BCUT2D eigenvalue weighted by Crippen LogP contribution is 2.32. The number of hydrogen-bond acceptors (Lipinski definition) is 4. The number of nitrogens with two attached hydrogens (primary N) is 1. The molecule has 0 atom stereocenters. The molecule has 5 heteroatoms. The summed E-state index contributed by atoms with van der Waals surface area (Å²) in [5.41, 5.74) is 8.71. The summed E-state index contributed by atoms with van der Waals surface area (Å²) in [6.07, 6.45) is 4.27. The highest BCUT2D eigenvalue weighted by molar-refractivity contribution is 9.10. The van der Waals surface area contributed by atoms with Crippen molar-refractivity contribution in [3.63, 3.8) is 0 Å². The normalized spacial score (nSPS) is 22.2. The molecule has 0 aliphatic heterocycles. The summed E-state index contributed by atoms with van der Waals surface area (Å²) < 4.78 is 6.23. The Balaban J connectivity index is 1.90. The Morgan fingerprint density at radius 2 is 2.21 bits per heavy atom. The third-order valence-electron chi connectivity index (χ3n) is 3.64. The van der Waals surface area contributed by atoms with Crippen LogP contribution in [0.1, 0.15) is 12.8 Å². The molecule has 0 unspecified atom stereocenters. The van der Waals surface area contributed by atoms with Crippen LogP contribution in [0, 0.1) is 0 Å². The van der Waals surface area contributed by atoms with Crippen molar-refractivity contribution in [3.8, 4) is 0 Å². The average Bonchev–Trinajstić information content (AvgIpc) is 2.36. The lowest BCUT2D eigenvalue weighted by Crippen LogP contribution is -2.40. The molecule has 0 spiro atoms. The minimum absolute atomic E-state index is 0.389. The van der Waals surface area contributed by atoms with Gasteiger partial charge >= 0.3 is 0 Å². The summed E-state index contributed by atoms with van der Waals surface area (Å²) >= 11 is 3.43. The fourth-order valence-corrected chi connectivity index (χ4v) is 2.76. The van der Waals surface area contributed by atoms with E-state index in [4.69, 9.17) is 10.5 Å². The summed E-state index contributed by atoms with van der Waals surface area (Å²) in [7, 11) is 1.76. The van der Waals surface area contributed by atoms with E-state index in [1.54, 1.807) is 13.3 Å². The predicted octanol–water partition coefficient (Wildman–Crippen LogP) is 3.17. The maximum atomic E-state index is 6.01. The lowest BCUT2D eigenvalue weighted by atomic mass is 9.89. The number of nitrogens with zero attached hydrogens (tertiary/aromatic N) is 1. The number of halogens is 1. The Labute approximate surface area is 120 Å². The first-order chi connectivity index (χ1) is 9.17. The second-order valence-corrected chi connectivity index (χ2v) is 5.84. The Morgan fingerprint density at radius 3 is 2.95 bits per heavy atom. The molecule has 19 heavy (non-hydrogen) atoms. The van der Waals surface area contributed by atoms with Crippen molar-refractivity contribution in [2.24, 2.45) is 0 Å². The van der Waals surface area contributed by atoms with E-state index >= 15 is 0 Å². The summed E-state index contributed by atoms with van der Waals surface area (Å²) in [5, 5.41) is 4.49. The van der Waals surface area contributed by atoms with Gasteiger partial charge in [-0.1, -0.05) is 0 Å². The zero-order valence-electron chi connectivity index (χ0n) is 10.7. The van der Waals surface area contributed by atoms with E-state index in [-0.39, 0.29) is 0 Å². The Bertz CT molecular complexity index is 611. The van der Waals surface area contributed by atoms with Crippen molar-refractivity contribution in [2.75, 3.05) is 18.2 Å². The number of anilines is 2. The quantitative estimate of drug-likeness (QED) is 0.852. The first-order valence-corrected chi connectivity index (χ1v) is 7.09. The third kappa shape index (κ3) is 2.40. The number of methoxy groups -OCH3 is 1. The van der Waals surface area contributed by atoms with E-state index in [0.717, 1.165) is 39.6 Å². The van der Waals surface area contributed by atoms with E-state index in [2.05, 4.69) is 26.2 Å². The molecule has 100 valence electrons. The zero-order valence-corrected chi connectivity index (χ0v) is 12.3.